The lowest BCUT2D eigenvalue weighted by molar-refractivity contribution is -0.111. The molecular formula is C22H23N3O4. The van der Waals surface area contributed by atoms with E-state index in [1.807, 2.05) is 30.3 Å². The molecule has 0 atom stereocenters. The monoisotopic (exact) mass is 393 g/mol. The van der Waals surface area contributed by atoms with Crippen LogP contribution in [0.25, 0.3) is 11.8 Å². The van der Waals surface area contributed by atoms with Gasteiger partial charge in [-0.1, -0.05) is 24.3 Å². The standard InChI is InChI=1S/C22H23N3O4/c1-15-21(22(27)25(24(15)2)17-8-6-5-7-9-17)23-20(26)13-11-16-10-12-18(28-3)19(14-16)29-4/h5-14H,1-4H3,(H,23,26)/b13-11+. The molecule has 3 aromatic rings. The highest BCUT2D eigenvalue weighted by Crippen LogP contribution is 2.28. The zero-order valence-corrected chi connectivity index (χ0v) is 16.8. The summed E-state index contributed by atoms with van der Waals surface area (Å²) in [7, 11) is 4.89. The predicted octanol–water partition coefficient (Wildman–Crippen LogP) is 3.15. The number of ether oxygens (including phenoxy) is 2. The van der Waals surface area contributed by atoms with Crippen molar-refractivity contribution in [3.05, 3.63) is 76.2 Å². The first-order valence-corrected chi connectivity index (χ1v) is 9.01. The highest BCUT2D eigenvalue weighted by Gasteiger charge is 2.17. The van der Waals surface area contributed by atoms with Crippen LogP contribution in [0.3, 0.4) is 0 Å². The van der Waals surface area contributed by atoms with E-state index in [9.17, 15) is 9.59 Å². The second kappa shape index (κ2) is 8.52. The smallest absolute Gasteiger partial charge is 0.295 e. The highest BCUT2D eigenvalue weighted by atomic mass is 16.5. The van der Waals surface area contributed by atoms with E-state index in [2.05, 4.69) is 5.32 Å². The number of nitrogens with one attached hydrogen (secondary N) is 1. The number of carbonyl (C=O) groups excluding carboxylic acids is 1. The Bertz CT molecular complexity index is 1110. The van der Waals surface area contributed by atoms with Crippen molar-refractivity contribution in [1.29, 1.82) is 0 Å². The zero-order chi connectivity index (χ0) is 21.0. The van der Waals surface area contributed by atoms with Gasteiger partial charge < -0.3 is 14.8 Å². The van der Waals surface area contributed by atoms with Gasteiger partial charge in [0.2, 0.25) is 5.91 Å². The van der Waals surface area contributed by atoms with Crippen molar-refractivity contribution in [3.8, 4) is 17.2 Å². The zero-order valence-electron chi connectivity index (χ0n) is 16.8. The van der Waals surface area contributed by atoms with Gasteiger partial charge in [0, 0.05) is 13.1 Å². The fourth-order valence-electron chi connectivity index (χ4n) is 3.01. The van der Waals surface area contributed by atoms with Crippen LogP contribution in [0, 0.1) is 6.92 Å². The fourth-order valence-corrected chi connectivity index (χ4v) is 3.01. The summed E-state index contributed by atoms with van der Waals surface area (Å²) >= 11 is 0. The van der Waals surface area contributed by atoms with E-state index in [0.717, 1.165) is 11.3 Å². The number of carbonyl (C=O) groups is 1. The first-order valence-electron chi connectivity index (χ1n) is 9.01. The summed E-state index contributed by atoms with van der Waals surface area (Å²) in [6.07, 6.45) is 3.02. The van der Waals surface area contributed by atoms with Crippen molar-refractivity contribution >= 4 is 17.7 Å². The molecule has 1 heterocycles. The molecule has 7 nitrogen and oxygen atoms in total. The molecule has 0 aliphatic rings. The third-order valence-electron chi connectivity index (χ3n) is 4.64. The van der Waals surface area contributed by atoms with Gasteiger partial charge in [0.1, 0.15) is 5.69 Å². The summed E-state index contributed by atoms with van der Waals surface area (Å²) in [6.45, 7) is 1.79. The van der Waals surface area contributed by atoms with E-state index in [0.29, 0.717) is 17.2 Å². The van der Waals surface area contributed by atoms with Crippen molar-refractivity contribution in [2.45, 2.75) is 6.92 Å². The molecule has 7 heteroatoms. The van der Waals surface area contributed by atoms with Crippen LogP contribution in [0.2, 0.25) is 0 Å². The largest absolute Gasteiger partial charge is 0.493 e. The maximum absolute atomic E-state index is 12.8. The van der Waals surface area contributed by atoms with Crippen molar-refractivity contribution in [2.75, 3.05) is 19.5 Å². The Hall–Kier alpha value is -3.74. The lowest BCUT2D eigenvalue weighted by Crippen LogP contribution is -2.22. The van der Waals surface area contributed by atoms with Gasteiger partial charge in [0.05, 0.1) is 25.6 Å². The van der Waals surface area contributed by atoms with Crippen LogP contribution in [-0.2, 0) is 11.8 Å². The average molecular weight is 393 g/mol. The lowest BCUT2D eigenvalue weighted by atomic mass is 10.2. The van der Waals surface area contributed by atoms with Gasteiger partial charge in [0.25, 0.3) is 5.56 Å². The molecule has 150 valence electrons. The number of benzene rings is 2. The molecule has 0 saturated heterocycles. The minimum absolute atomic E-state index is 0.248. The van der Waals surface area contributed by atoms with Crippen LogP contribution in [0.4, 0.5) is 5.69 Å². The van der Waals surface area contributed by atoms with Crippen molar-refractivity contribution in [2.24, 2.45) is 7.05 Å². The van der Waals surface area contributed by atoms with Crippen molar-refractivity contribution in [1.82, 2.24) is 9.36 Å². The quantitative estimate of drug-likeness (QED) is 0.653. The summed E-state index contributed by atoms with van der Waals surface area (Å²) in [5.41, 5.74) is 2.11. The molecule has 0 fully saturated rings. The van der Waals surface area contributed by atoms with Crippen molar-refractivity contribution in [3.63, 3.8) is 0 Å². The molecule has 1 amide bonds. The molecule has 3 rings (SSSR count). The van der Waals surface area contributed by atoms with Gasteiger partial charge in [-0.05, 0) is 42.8 Å². The molecule has 0 unspecified atom stereocenters. The number of amides is 1. The molecule has 2 aromatic carbocycles. The highest BCUT2D eigenvalue weighted by molar-refractivity contribution is 6.02. The molecule has 1 aromatic heterocycles. The predicted molar refractivity (Wildman–Crippen MR) is 113 cm³/mol. The van der Waals surface area contributed by atoms with Crippen LogP contribution < -0.4 is 20.3 Å². The first kappa shape index (κ1) is 20.0. The number of rotatable bonds is 6. The Morgan fingerprint density at radius 2 is 1.72 bits per heavy atom. The van der Waals surface area contributed by atoms with Crippen LogP contribution in [0.15, 0.2) is 59.4 Å². The fraction of sp³-hybridized carbons (Fsp3) is 0.182. The van der Waals surface area contributed by atoms with Crippen LogP contribution in [-0.4, -0.2) is 29.5 Å². The van der Waals surface area contributed by atoms with Crippen LogP contribution in [0.1, 0.15) is 11.3 Å². The van der Waals surface area contributed by atoms with E-state index >= 15 is 0 Å². The Labute approximate surface area is 168 Å². The molecule has 0 saturated carbocycles. The van der Waals surface area contributed by atoms with Crippen LogP contribution in [0.5, 0.6) is 11.5 Å². The molecule has 1 N–H and O–H groups in total. The normalized spacial score (nSPS) is 10.9. The molecular weight excluding hydrogens is 370 g/mol. The summed E-state index contributed by atoms with van der Waals surface area (Å²) in [6, 6.07) is 14.6. The molecule has 29 heavy (non-hydrogen) atoms. The lowest BCUT2D eigenvalue weighted by Gasteiger charge is -2.07. The van der Waals surface area contributed by atoms with Gasteiger partial charge >= 0.3 is 0 Å². The molecule has 0 bridgehead atoms. The third kappa shape index (κ3) is 4.08. The number of hydrogen-bond acceptors (Lipinski definition) is 4. The van der Waals surface area contributed by atoms with Gasteiger partial charge in [0.15, 0.2) is 11.5 Å². The van der Waals surface area contributed by atoms with E-state index in [-0.39, 0.29) is 11.2 Å². The summed E-state index contributed by atoms with van der Waals surface area (Å²) in [4.78, 5) is 25.3. The summed E-state index contributed by atoms with van der Waals surface area (Å²) in [5.74, 6) is 0.779. The maximum Gasteiger partial charge on any atom is 0.295 e. The molecule has 0 aliphatic heterocycles. The Morgan fingerprint density at radius 1 is 1.03 bits per heavy atom. The third-order valence-corrected chi connectivity index (χ3v) is 4.64. The van der Waals surface area contributed by atoms with Gasteiger partial charge in [-0.25, -0.2) is 4.68 Å². The second-order valence-corrected chi connectivity index (χ2v) is 6.37. The average Bonchev–Trinajstić information content (AvgIpc) is 2.95. The first-order chi connectivity index (χ1) is 14.0. The van der Waals surface area contributed by atoms with E-state index in [4.69, 9.17) is 9.47 Å². The van der Waals surface area contributed by atoms with E-state index < -0.39 is 5.91 Å². The van der Waals surface area contributed by atoms with Crippen molar-refractivity contribution < 1.29 is 14.3 Å². The maximum atomic E-state index is 12.8. The van der Waals surface area contributed by atoms with E-state index in [1.54, 1.807) is 57.1 Å². The number of para-hydroxylation sites is 1. The Morgan fingerprint density at radius 3 is 2.38 bits per heavy atom. The number of methoxy groups -OCH3 is 2. The minimum atomic E-state index is -0.397. The van der Waals surface area contributed by atoms with E-state index in [1.165, 1.54) is 10.8 Å². The SMILES string of the molecule is COc1ccc(/C=C/C(=O)Nc2c(C)n(C)n(-c3ccccc3)c2=O)cc1OC. The summed E-state index contributed by atoms with van der Waals surface area (Å²) < 4.78 is 13.7. The molecule has 0 radical (unpaired) electrons. The summed E-state index contributed by atoms with van der Waals surface area (Å²) in [5, 5.41) is 2.70. The van der Waals surface area contributed by atoms with Gasteiger partial charge in [-0.2, -0.15) is 0 Å². The molecule has 0 aliphatic carbocycles. The topological polar surface area (TPSA) is 74.5 Å². The second-order valence-electron chi connectivity index (χ2n) is 6.37. The number of nitrogens with zero attached hydrogens (tertiary/aromatic N) is 2. The number of anilines is 1. The van der Waals surface area contributed by atoms with Gasteiger partial charge in [-0.15, -0.1) is 0 Å². The molecule has 0 spiro atoms. The Kier molecular flexibility index (Phi) is 5.87. The number of hydrogen-bond donors (Lipinski definition) is 1. The Balaban J connectivity index is 1.83. The van der Waals surface area contributed by atoms with Gasteiger partial charge in [-0.3, -0.25) is 14.3 Å². The van der Waals surface area contributed by atoms with Crippen LogP contribution >= 0.6 is 0 Å². The number of aromatic nitrogens is 2. The minimum Gasteiger partial charge on any atom is -0.493 e.